The van der Waals surface area contributed by atoms with Gasteiger partial charge in [-0.2, -0.15) is 4.98 Å². The van der Waals surface area contributed by atoms with Gasteiger partial charge in [0.1, 0.15) is 0 Å². The third-order valence-electron chi connectivity index (χ3n) is 2.55. The average Bonchev–Trinajstić information content (AvgIpc) is 2.84. The number of nitrogens with two attached hydrogens (primary N) is 1. The maximum atomic E-state index is 5.68. The van der Waals surface area contributed by atoms with E-state index in [4.69, 9.17) is 14.7 Å². The Balaban J connectivity index is 1.69. The van der Waals surface area contributed by atoms with Crippen LogP contribution in [0.1, 0.15) is 5.82 Å². The van der Waals surface area contributed by atoms with Gasteiger partial charge < -0.3 is 14.7 Å². The molecule has 3 heterocycles. The second-order valence-corrected chi connectivity index (χ2v) is 3.95. The van der Waals surface area contributed by atoms with Gasteiger partial charge in [0, 0.05) is 19.1 Å². The number of hydrogen-bond donors (Lipinski definition) is 1. The first-order valence-corrected chi connectivity index (χ1v) is 5.15. The van der Waals surface area contributed by atoms with Gasteiger partial charge in [0.05, 0.1) is 12.8 Å². The Labute approximate surface area is 92.0 Å². The normalized spacial score (nSPS) is 17.6. The molecule has 2 aromatic heterocycles. The SMILES string of the molecule is NC1CN(Cc2noc(-c3ccco3)n2)C1. The Bertz CT molecular complexity index is 459. The molecule has 0 saturated carbocycles. The molecule has 6 heteroatoms. The predicted molar refractivity (Wildman–Crippen MR) is 55.3 cm³/mol. The van der Waals surface area contributed by atoms with Gasteiger partial charge in [-0.05, 0) is 12.1 Å². The molecule has 84 valence electrons. The molecule has 16 heavy (non-hydrogen) atoms. The summed E-state index contributed by atoms with van der Waals surface area (Å²) in [5.41, 5.74) is 5.68. The molecule has 1 aliphatic rings. The molecule has 1 saturated heterocycles. The molecular weight excluding hydrogens is 208 g/mol. The number of likely N-dealkylation sites (tertiary alicyclic amines) is 1. The van der Waals surface area contributed by atoms with Gasteiger partial charge in [-0.3, -0.25) is 4.90 Å². The van der Waals surface area contributed by atoms with Crippen molar-refractivity contribution in [3.05, 3.63) is 24.2 Å². The van der Waals surface area contributed by atoms with Crippen molar-refractivity contribution < 1.29 is 8.94 Å². The molecule has 0 bridgehead atoms. The first kappa shape index (κ1) is 9.56. The summed E-state index contributed by atoms with van der Waals surface area (Å²) in [6.07, 6.45) is 1.58. The van der Waals surface area contributed by atoms with Crippen molar-refractivity contribution in [2.24, 2.45) is 5.73 Å². The molecule has 0 aromatic carbocycles. The van der Waals surface area contributed by atoms with Crippen molar-refractivity contribution in [3.8, 4) is 11.7 Å². The number of nitrogens with zero attached hydrogens (tertiary/aromatic N) is 3. The number of rotatable bonds is 3. The largest absolute Gasteiger partial charge is 0.459 e. The third kappa shape index (κ3) is 1.72. The zero-order chi connectivity index (χ0) is 11.0. The topological polar surface area (TPSA) is 81.3 Å². The summed E-state index contributed by atoms with van der Waals surface area (Å²) in [5, 5.41) is 3.89. The van der Waals surface area contributed by atoms with Crippen molar-refractivity contribution in [3.63, 3.8) is 0 Å². The standard InChI is InChI=1S/C10H12N4O2/c11-7-4-14(5-7)6-9-12-10(16-13-9)8-2-1-3-15-8/h1-3,7H,4-6,11H2. The first-order chi connectivity index (χ1) is 7.81. The number of hydrogen-bond acceptors (Lipinski definition) is 6. The van der Waals surface area contributed by atoms with E-state index in [1.165, 1.54) is 0 Å². The predicted octanol–water partition coefficient (Wildman–Crippen LogP) is 0.472. The molecule has 1 aliphatic heterocycles. The highest BCUT2D eigenvalue weighted by Gasteiger charge is 2.24. The van der Waals surface area contributed by atoms with E-state index in [-0.39, 0.29) is 6.04 Å². The van der Waals surface area contributed by atoms with E-state index in [0.29, 0.717) is 24.0 Å². The smallest absolute Gasteiger partial charge is 0.293 e. The summed E-state index contributed by atoms with van der Waals surface area (Å²) in [6.45, 7) is 2.47. The zero-order valence-corrected chi connectivity index (χ0v) is 8.67. The molecule has 6 nitrogen and oxygen atoms in total. The second-order valence-electron chi connectivity index (χ2n) is 3.95. The van der Waals surface area contributed by atoms with E-state index in [1.807, 2.05) is 0 Å². The minimum absolute atomic E-state index is 0.288. The summed E-state index contributed by atoms with van der Waals surface area (Å²) < 4.78 is 10.3. The highest BCUT2D eigenvalue weighted by molar-refractivity contribution is 5.42. The van der Waals surface area contributed by atoms with Crippen LogP contribution < -0.4 is 5.73 Å². The Morgan fingerprint density at radius 2 is 2.38 bits per heavy atom. The van der Waals surface area contributed by atoms with Gasteiger partial charge in [-0.1, -0.05) is 5.16 Å². The van der Waals surface area contributed by atoms with Gasteiger partial charge in [0.15, 0.2) is 11.6 Å². The molecule has 0 amide bonds. The van der Waals surface area contributed by atoms with E-state index in [1.54, 1.807) is 18.4 Å². The van der Waals surface area contributed by atoms with Crippen LogP contribution in [0, 0.1) is 0 Å². The molecule has 2 aromatic rings. The van der Waals surface area contributed by atoms with Crippen molar-refractivity contribution >= 4 is 0 Å². The van der Waals surface area contributed by atoms with E-state index in [9.17, 15) is 0 Å². The van der Waals surface area contributed by atoms with Gasteiger partial charge in [0.25, 0.3) is 5.89 Å². The van der Waals surface area contributed by atoms with Crippen LogP contribution in [-0.4, -0.2) is 34.2 Å². The van der Waals surface area contributed by atoms with E-state index < -0.39 is 0 Å². The molecule has 0 aliphatic carbocycles. The maximum Gasteiger partial charge on any atom is 0.293 e. The van der Waals surface area contributed by atoms with Gasteiger partial charge in [0.2, 0.25) is 0 Å². The van der Waals surface area contributed by atoms with Crippen LogP contribution >= 0.6 is 0 Å². The molecule has 2 N–H and O–H groups in total. The quantitative estimate of drug-likeness (QED) is 0.809. The van der Waals surface area contributed by atoms with Crippen molar-refractivity contribution in [2.45, 2.75) is 12.6 Å². The minimum atomic E-state index is 0.288. The maximum absolute atomic E-state index is 5.68. The van der Waals surface area contributed by atoms with Crippen LogP contribution in [0.2, 0.25) is 0 Å². The highest BCUT2D eigenvalue weighted by atomic mass is 16.5. The summed E-state index contributed by atoms with van der Waals surface area (Å²) in [4.78, 5) is 6.41. The van der Waals surface area contributed by atoms with Crippen molar-refractivity contribution in [2.75, 3.05) is 13.1 Å². The molecule has 0 atom stereocenters. The molecule has 3 rings (SSSR count). The van der Waals surface area contributed by atoms with Crippen LogP contribution in [0.15, 0.2) is 27.3 Å². The lowest BCUT2D eigenvalue weighted by atomic mass is 10.1. The Hall–Kier alpha value is -1.66. The van der Waals surface area contributed by atoms with E-state index >= 15 is 0 Å². The summed E-state index contributed by atoms with van der Waals surface area (Å²) in [5.74, 6) is 1.68. The lowest BCUT2D eigenvalue weighted by Crippen LogP contribution is -2.55. The van der Waals surface area contributed by atoms with E-state index in [2.05, 4.69) is 15.0 Å². The van der Waals surface area contributed by atoms with Crippen LogP contribution in [0.4, 0.5) is 0 Å². The van der Waals surface area contributed by atoms with Crippen molar-refractivity contribution in [1.82, 2.24) is 15.0 Å². The fourth-order valence-electron chi connectivity index (χ4n) is 1.76. The fraction of sp³-hybridized carbons (Fsp3) is 0.400. The minimum Gasteiger partial charge on any atom is -0.459 e. The lowest BCUT2D eigenvalue weighted by molar-refractivity contribution is 0.137. The fourth-order valence-corrected chi connectivity index (χ4v) is 1.76. The van der Waals surface area contributed by atoms with E-state index in [0.717, 1.165) is 13.1 Å². The molecule has 1 fully saturated rings. The zero-order valence-electron chi connectivity index (χ0n) is 8.67. The number of aromatic nitrogens is 2. The Morgan fingerprint density at radius 1 is 1.50 bits per heavy atom. The van der Waals surface area contributed by atoms with Gasteiger partial charge >= 0.3 is 0 Å². The number of furan rings is 1. The first-order valence-electron chi connectivity index (χ1n) is 5.15. The summed E-state index contributed by atoms with van der Waals surface area (Å²) >= 11 is 0. The Morgan fingerprint density at radius 3 is 3.06 bits per heavy atom. The molecule has 0 unspecified atom stereocenters. The van der Waals surface area contributed by atoms with Gasteiger partial charge in [-0.15, -0.1) is 0 Å². The lowest BCUT2D eigenvalue weighted by Gasteiger charge is -2.35. The molecule has 0 radical (unpaired) electrons. The van der Waals surface area contributed by atoms with Gasteiger partial charge in [-0.25, -0.2) is 0 Å². The second kappa shape index (κ2) is 3.73. The average molecular weight is 220 g/mol. The third-order valence-corrected chi connectivity index (χ3v) is 2.55. The van der Waals surface area contributed by atoms with Crippen LogP contribution in [-0.2, 0) is 6.54 Å². The van der Waals surface area contributed by atoms with Crippen LogP contribution in [0.3, 0.4) is 0 Å². The highest BCUT2D eigenvalue weighted by Crippen LogP contribution is 2.18. The van der Waals surface area contributed by atoms with Crippen LogP contribution in [0.5, 0.6) is 0 Å². The Kier molecular flexibility index (Phi) is 2.23. The summed E-state index contributed by atoms with van der Waals surface area (Å²) in [7, 11) is 0. The monoisotopic (exact) mass is 220 g/mol. The summed E-state index contributed by atoms with van der Waals surface area (Å²) in [6, 6.07) is 3.86. The van der Waals surface area contributed by atoms with Crippen molar-refractivity contribution in [1.29, 1.82) is 0 Å². The molecule has 0 spiro atoms. The van der Waals surface area contributed by atoms with Crippen LogP contribution in [0.25, 0.3) is 11.7 Å². The molecular formula is C10H12N4O2.